The highest BCUT2D eigenvalue weighted by Crippen LogP contribution is 2.29. The Balaban J connectivity index is 2.56. The predicted molar refractivity (Wildman–Crippen MR) is 78.6 cm³/mol. The predicted octanol–water partition coefficient (Wildman–Crippen LogP) is 3.16. The van der Waals surface area contributed by atoms with E-state index in [0.29, 0.717) is 0 Å². The topological polar surface area (TPSA) is 30.5 Å². The summed E-state index contributed by atoms with van der Waals surface area (Å²) >= 11 is 0. The standard InChI is InChI=1S/C16H23NO2/c1-5-6-7-8-11-17-13(2)15-10-9-14(18-3)12-16(15)19-4/h1,9-10,12-13,17H,6-8,11H2,2-4H3. The first-order chi connectivity index (χ1) is 9.22. The molecule has 3 heteroatoms. The van der Waals surface area contributed by atoms with Gasteiger partial charge in [0.15, 0.2) is 0 Å². The normalized spacial score (nSPS) is 11.7. The third-order valence-corrected chi connectivity index (χ3v) is 3.11. The third-order valence-electron chi connectivity index (χ3n) is 3.11. The van der Waals surface area contributed by atoms with Gasteiger partial charge < -0.3 is 14.8 Å². The van der Waals surface area contributed by atoms with Crippen molar-refractivity contribution in [2.24, 2.45) is 0 Å². The van der Waals surface area contributed by atoms with E-state index in [1.54, 1.807) is 14.2 Å². The average molecular weight is 261 g/mol. The highest BCUT2D eigenvalue weighted by Gasteiger charge is 2.11. The number of rotatable bonds is 8. The molecule has 1 N–H and O–H groups in total. The van der Waals surface area contributed by atoms with Gasteiger partial charge in [-0.15, -0.1) is 12.3 Å². The van der Waals surface area contributed by atoms with Gasteiger partial charge in [-0.25, -0.2) is 0 Å². The Morgan fingerprint density at radius 1 is 1.26 bits per heavy atom. The van der Waals surface area contributed by atoms with Crippen LogP contribution >= 0.6 is 0 Å². The summed E-state index contributed by atoms with van der Waals surface area (Å²) in [5.41, 5.74) is 1.14. The monoisotopic (exact) mass is 261 g/mol. The van der Waals surface area contributed by atoms with E-state index in [0.717, 1.165) is 42.9 Å². The molecule has 1 aromatic carbocycles. The first-order valence-electron chi connectivity index (χ1n) is 6.61. The second kappa shape index (κ2) is 8.44. The summed E-state index contributed by atoms with van der Waals surface area (Å²) in [6.07, 6.45) is 8.23. The van der Waals surface area contributed by atoms with Crippen LogP contribution in [0.1, 0.15) is 37.8 Å². The van der Waals surface area contributed by atoms with Crippen LogP contribution in [-0.4, -0.2) is 20.8 Å². The lowest BCUT2D eigenvalue weighted by Crippen LogP contribution is -2.20. The number of ether oxygens (including phenoxy) is 2. The van der Waals surface area contributed by atoms with Crippen LogP contribution in [0.4, 0.5) is 0 Å². The lowest BCUT2D eigenvalue weighted by molar-refractivity contribution is 0.385. The summed E-state index contributed by atoms with van der Waals surface area (Å²) < 4.78 is 10.6. The number of nitrogens with one attached hydrogen (secondary N) is 1. The second-order valence-corrected chi connectivity index (χ2v) is 4.44. The molecule has 0 aromatic heterocycles. The Labute approximate surface area is 116 Å². The molecule has 0 saturated carbocycles. The highest BCUT2D eigenvalue weighted by atomic mass is 16.5. The van der Waals surface area contributed by atoms with Gasteiger partial charge in [-0.1, -0.05) is 6.07 Å². The maximum atomic E-state index is 5.41. The Morgan fingerprint density at radius 3 is 2.68 bits per heavy atom. The molecule has 0 heterocycles. The summed E-state index contributed by atoms with van der Waals surface area (Å²) in [7, 11) is 3.33. The molecular weight excluding hydrogens is 238 g/mol. The van der Waals surface area contributed by atoms with E-state index in [9.17, 15) is 0 Å². The Bertz CT molecular complexity index is 423. The van der Waals surface area contributed by atoms with Crippen LogP contribution < -0.4 is 14.8 Å². The minimum absolute atomic E-state index is 0.242. The summed E-state index contributed by atoms with van der Waals surface area (Å²) in [6.45, 7) is 3.09. The van der Waals surface area contributed by atoms with Crippen molar-refractivity contribution in [3.8, 4) is 23.8 Å². The lowest BCUT2D eigenvalue weighted by Gasteiger charge is -2.18. The van der Waals surface area contributed by atoms with Crippen molar-refractivity contribution >= 4 is 0 Å². The summed E-state index contributed by atoms with van der Waals surface area (Å²) in [6, 6.07) is 6.14. The van der Waals surface area contributed by atoms with Crippen molar-refractivity contribution in [3.63, 3.8) is 0 Å². The van der Waals surface area contributed by atoms with Crippen molar-refractivity contribution in [2.45, 2.75) is 32.2 Å². The van der Waals surface area contributed by atoms with E-state index >= 15 is 0 Å². The van der Waals surface area contributed by atoms with E-state index in [2.05, 4.69) is 18.2 Å². The van der Waals surface area contributed by atoms with Crippen LogP contribution in [0.2, 0.25) is 0 Å². The molecule has 1 unspecified atom stereocenters. The van der Waals surface area contributed by atoms with Crippen LogP contribution in [0.25, 0.3) is 0 Å². The fraction of sp³-hybridized carbons (Fsp3) is 0.500. The quantitative estimate of drug-likeness (QED) is 0.576. The van der Waals surface area contributed by atoms with E-state index < -0.39 is 0 Å². The molecule has 0 radical (unpaired) electrons. The molecule has 1 rings (SSSR count). The van der Waals surface area contributed by atoms with Gasteiger partial charge in [0, 0.05) is 24.1 Å². The van der Waals surface area contributed by atoms with Crippen molar-refractivity contribution in [3.05, 3.63) is 23.8 Å². The maximum Gasteiger partial charge on any atom is 0.127 e. The van der Waals surface area contributed by atoms with Gasteiger partial charge in [0.25, 0.3) is 0 Å². The zero-order valence-electron chi connectivity index (χ0n) is 12.0. The smallest absolute Gasteiger partial charge is 0.127 e. The van der Waals surface area contributed by atoms with Crippen LogP contribution in [0, 0.1) is 12.3 Å². The zero-order chi connectivity index (χ0) is 14.1. The van der Waals surface area contributed by atoms with Crippen LogP contribution in [-0.2, 0) is 0 Å². The average Bonchev–Trinajstić information content (AvgIpc) is 2.46. The first-order valence-corrected chi connectivity index (χ1v) is 6.61. The summed E-state index contributed by atoms with van der Waals surface area (Å²) in [4.78, 5) is 0. The SMILES string of the molecule is C#CCCCCNC(C)c1ccc(OC)cc1OC. The molecule has 0 amide bonds. The molecule has 0 saturated heterocycles. The third kappa shape index (κ3) is 4.84. The first kappa shape index (κ1) is 15.4. The molecule has 3 nitrogen and oxygen atoms in total. The molecule has 0 fully saturated rings. The van der Waals surface area contributed by atoms with Crippen molar-refractivity contribution in [1.29, 1.82) is 0 Å². The molecule has 0 aliphatic carbocycles. The summed E-state index contributed by atoms with van der Waals surface area (Å²) in [5.74, 6) is 4.31. The molecule has 0 aliphatic rings. The molecule has 19 heavy (non-hydrogen) atoms. The number of benzene rings is 1. The molecule has 1 aromatic rings. The van der Waals surface area contributed by atoms with Gasteiger partial charge in [-0.3, -0.25) is 0 Å². The second-order valence-electron chi connectivity index (χ2n) is 4.44. The molecule has 104 valence electrons. The molecule has 0 spiro atoms. The van der Waals surface area contributed by atoms with E-state index in [1.807, 2.05) is 18.2 Å². The minimum atomic E-state index is 0.242. The van der Waals surface area contributed by atoms with Crippen molar-refractivity contribution in [1.82, 2.24) is 5.32 Å². The number of hydrogen-bond acceptors (Lipinski definition) is 3. The van der Waals surface area contributed by atoms with Crippen molar-refractivity contribution < 1.29 is 9.47 Å². The minimum Gasteiger partial charge on any atom is -0.497 e. The zero-order valence-corrected chi connectivity index (χ0v) is 12.0. The molecular formula is C16H23NO2. The van der Waals surface area contributed by atoms with Gasteiger partial charge in [0.2, 0.25) is 0 Å². The van der Waals surface area contributed by atoms with Gasteiger partial charge in [-0.05, 0) is 32.4 Å². The molecule has 0 aliphatic heterocycles. The number of unbranched alkanes of at least 4 members (excludes halogenated alkanes) is 2. The maximum absolute atomic E-state index is 5.41. The molecule has 1 atom stereocenters. The molecule has 0 bridgehead atoms. The Hall–Kier alpha value is -1.66. The van der Waals surface area contributed by atoms with Crippen LogP contribution in [0.3, 0.4) is 0 Å². The van der Waals surface area contributed by atoms with Gasteiger partial charge in [0.1, 0.15) is 11.5 Å². The Morgan fingerprint density at radius 2 is 2.05 bits per heavy atom. The van der Waals surface area contributed by atoms with E-state index in [1.165, 1.54) is 0 Å². The largest absolute Gasteiger partial charge is 0.497 e. The van der Waals surface area contributed by atoms with Gasteiger partial charge >= 0.3 is 0 Å². The number of terminal acetylenes is 1. The number of methoxy groups -OCH3 is 2. The van der Waals surface area contributed by atoms with Gasteiger partial charge in [-0.2, -0.15) is 0 Å². The Kier molecular flexibility index (Phi) is 6.84. The van der Waals surface area contributed by atoms with E-state index in [4.69, 9.17) is 15.9 Å². The van der Waals surface area contributed by atoms with Crippen molar-refractivity contribution in [2.75, 3.05) is 20.8 Å². The van der Waals surface area contributed by atoms with E-state index in [-0.39, 0.29) is 6.04 Å². The fourth-order valence-corrected chi connectivity index (χ4v) is 1.96. The van der Waals surface area contributed by atoms with Crippen LogP contribution in [0.5, 0.6) is 11.5 Å². The van der Waals surface area contributed by atoms with Crippen LogP contribution in [0.15, 0.2) is 18.2 Å². The lowest BCUT2D eigenvalue weighted by atomic mass is 10.1. The fourth-order valence-electron chi connectivity index (χ4n) is 1.96. The highest BCUT2D eigenvalue weighted by molar-refractivity contribution is 5.42. The van der Waals surface area contributed by atoms with Gasteiger partial charge in [0.05, 0.1) is 14.2 Å². The summed E-state index contributed by atoms with van der Waals surface area (Å²) in [5, 5.41) is 3.48. The number of hydrogen-bond donors (Lipinski definition) is 1.